The molecule has 5 rings (SSSR count). The van der Waals surface area contributed by atoms with Crippen LogP contribution in [-0.4, -0.2) is 98.6 Å². The monoisotopic (exact) mass is 702 g/mol. The van der Waals surface area contributed by atoms with Gasteiger partial charge in [-0.3, -0.25) is 23.6 Å². The van der Waals surface area contributed by atoms with Gasteiger partial charge in [0.2, 0.25) is 17.6 Å². The number of carbonyl (C=O) groups excluding carboxylic acids is 4. The van der Waals surface area contributed by atoms with E-state index < -0.39 is 41.3 Å². The van der Waals surface area contributed by atoms with Crippen LogP contribution < -0.4 is 16.0 Å². The third kappa shape index (κ3) is 9.11. The van der Waals surface area contributed by atoms with Crippen LogP contribution in [0.5, 0.6) is 0 Å². The molecule has 1 saturated heterocycles. The molecular formula is C37H44F2N8O4. The van der Waals surface area contributed by atoms with E-state index in [-0.39, 0.29) is 54.6 Å². The number of likely N-dealkylation sites (N-methyl/N-ethyl adjacent to an activating group) is 1. The van der Waals surface area contributed by atoms with Gasteiger partial charge in [-0.25, -0.2) is 18.7 Å². The first-order chi connectivity index (χ1) is 24.2. The molecule has 2 aromatic carbocycles. The van der Waals surface area contributed by atoms with Crippen LogP contribution in [0.1, 0.15) is 60.5 Å². The molecule has 51 heavy (non-hydrogen) atoms. The average molecular weight is 703 g/mol. The number of halogens is 2. The zero-order chi connectivity index (χ0) is 36.9. The molecule has 3 N–H and O–H groups in total. The standard InChI is InChI=1S/C37H44F2N8O4/c1-23(40-5)32(48)44-31(37(2,3)4)35(51)47-20-28(42-33(49)25-9-7-6-8-10-25)17-29(47)21-45(16-15-24-11-13-26(38)14-12-24)34(50)30-22-46-19-27(39)18-41-36(46)43-30/h6-14,18-19,22-23,28-29,31,40H,15-17,20-21H2,1-5H3,(H,42,49)(H,44,48)/t23-,28-,29?,31+/m0/s1. The van der Waals surface area contributed by atoms with E-state index in [4.69, 9.17) is 0 Å². The number of hydrogen-bond donors (Lipinski definition) is 3. The van der Waals surface area contributed by atoms with Gasteiger partial charge in [0, 0.05) is 43.6 Å². The number of amides is 4. The van der Waals surface area contributed by atoms with Gasteiger partial charge in [0.25, 0.3) is 11.8 Å². The first-order valence-electron chi connectivity index (χ1n) is 16.9. The fraction of sp³-hybridized carbons (Fsp3) is 0.405. The molecule has 1 unspecified atom stereocenters. The summed E-state index contributed by atoms with van der Waals surface area (Å²) in [6.45, 7) is 7.65. The van der Waals surface area contributed by atoms with Gasteiger partial charge < -0.3 is 25.8 Å². The van der Waals surface area contributed by atoms with Crippen molar-refractivity contribution in [3.8, 4) is 0 Å². The molecule has 14 heteroatoms. The lowest BCUT2D eigenvalue weighted by atomic mass is 9.85. The zero-order valence-electron chi connectivity index (χ0n) is 29.4. The molecule has 4 atom stereocenters. The predicted molar refractivity (Wildman–Crippen MR) is 187 cm³/mol. The summed E-state index contributed by atoms with van der Waals surface area (Å²) in [6, 6.07) is 12.2. The number of nitrogens with one attached hydrogen (secondary N) is 3. The van der Waals surface area contributed by atoms with Crippen molar-refractivity contribution in [2.24, 2.45) is 5.41 Å². The van der Waals surface area contributed by atoms with Crippen LogP contribution in [0.2, 0.25) is 0 Å². The zero-order valence-corrected chi connectivity index (χ0v) is 29.4. The number of likely N-dealkylation sites (tertiary alicyclic amines) is 1. The number of hydrogen-bond acceptors (Lipinski definition) is 7. The molecule has 2 aromatic heterocycles. The highest BCUT2D eigenvalue weighted by Gasteiger charge is 2.44. The van der Waals surface area contributed by atoms with Crippen LogP contribution in [0.25, 0.3) is 5.78 Å². The van der Waals surface area contributed by atoms with Crippen LogP contribution in [0.3, 0.4) is 0 Å². The molecule has 0 spiro atoms. The van der Waals surface area contributed by atoms with Crippen LogP contribution >= 0.6 is 0 Å². The summed E-state index contributed by atoms with van der Waals surface area (Å²) >= 11 is 0. The van der Waals surface area contributed by atoms with Gasteiger partial charge in [-0.15, -0.1) is 0 Å². The smallest absolute Gasteiger partial charge is 0.274 e. The van der Waals surface area contributed by atoms with Crippen molar-refractivity contribution in [2.45, 2.75) is 64.7 Å². The van der Waals surface area contributed by atoms with Gasteiger partial charge in [0.05, 0.1) is 18.3 Å². The lowest BCUT2D eigenvalue weighted by molar-refractivity contribution is -0.140. The minimum Gasteiger partial charge on any atom is -0.347 e. The molecule has 3 heterocycles. The maximum absolute atomic E-state index is 14.5. The highest BCUT2D eigenvalue weighted by Crippen LogP contribution is 2.27. The van der Waals surface area contributed by atoms with Crippen LogP contribution in [-0.2, 0) is 16.0 Å². The molecule has 0 aliphatic carbocycles. The lowest BCUT2D eigenvalue weighted by Gasteiger charge is -2.37. The Balaban J connectivity index is 1.47. The first kappa shape index (κ1) is 37.0. The van der Waals surface area contributed by atoms with E-state index in [1.54, 1.807) is 60.2 Å². The molecule has 1 aliphatic rings. The molecule has 4 amide bonds. The minimum atomic E-state index is -0.922. The average Bonchev–Trinajstić information content (AvgIpc) is 3.72. The Hall–Kier alpha value is -5.24. The van der Waals surface area contributed by atoms with E-state index in [2.05, 4.69) is 25.9 Å². The molecule has 0 radical (unpaired) electrons. The second-order valence-electron chi connectivity index (χ2n) is 14.0. The van der Waals surface area contributed by atoms with Crippen LogP contribution in [0.4, 0.5) is 8.78 Å². The normalized spacial score (nSPS) is 17.2. The summed E-state index contributed by atoms with van der Waals surface area (Å²) in [7, 11) is 1.65. The van der Waals surface area contributed by atoms with Crippen molar-refractivity contribution in [2.75, 3.05) is 26.7 Å². The summed E-state index contributed by atoms with van der Waals surface area (Å²) in [4.78, 5) is 66.4. The Bertz CT molecular complexity index is 1860. The molecule has 1 fully saturated rings. The molecule has 1 aliphatic heterocycles. The van der Waals surface area contributed by atoms with Crippen molar-refractivity contribution in [1.82, 2.24) is 40.1 Å². The third-order valence-corrected chi connectivity index (χ3v) is 9.09. The number of carbonyl (C=O) groups is 4. The number of imidazole rings is 1. The molecule has 0 bridgehead atoms. The Morgan fingerprint density at radius 3 is 2.37 bits per heavy atom. The SMILES string of the molecule is CN[C@@H](C)C(=O)N[C@H](C(=O)N1C[C@@H](NC(=O)c2ccccc2)CC1CN(CCc1ccc(F)cc1)C(=O)c1cn2cc(F)cnc2n1)C(C)(C)C. The van der Waals surface area contributed by atoms with Gasteiger partial charge in [0.15, 0.2) is 5.82 Å². The molecule has 270 valence electrons. The number of benzene rings is 2. The fourth-order valence-electron chi connectivity index (χ4n) is 6.11. The molecule has 4 aromatic rings. The second kappa shape index (κ2) is 15.8. The number of aromatic nitrogens is 3. The largest absolute Gasteiger partial charge is 0.347 e. The Morgan fingerprint density at radius 1 is 1.00 bits per heavy atom. The number of rotatable bonds is 12. The highest BCUT2D eigenvalue weighted by molar-refractivity contribution is 5.95. The third-order valence-electron chi connectivity index (χ3n) is 9.09. The van der Waals surface area contributed by atoms with Gasteiger partial charge in [-0.1, -0.05) is 51.1 Å². The molecule has 12 nitrogen and oxygen atoms in total. The lowest BCUT2D eigenvalue weighted by Crippen LogP contribution is -2.59. The van der Waals surface area contributed by atoms with E-state index in [1.807, 2.05) is 26.8 Å². The fourth-order valence-corrected chi connectivity index (χ4v) is 6.11. The van der Waals surface area contributed by atoms with Crippen molar-refractivity contribution < 1.29 is 28.0 Å². The summed E-state index contributed by atoms with van der Waals surface area (Å²) in [6.07, 6.45) is 4.26. The Labute approximate surface area is 295 Å². The topological polar surface area (TPSA) is 141 Å². The minimum absolute atomic E-state index is 0.0258. The van der Waals surface area contributed by atoms with Gasteiger partial charge in [0.1, 0.15) is 17.6 Å². The van der Waals surface area contributed by atoms with Crippen molar-refractivity contribution in [3.05, 3.63) is 102 Å². The maximum Gasteiger partial charge on any atom is 0.274 e. The first-order valence-corrected chi connectivity index (χ1v) is 16.9. The van der Waals surface area contributed by atoms with Crippen LogP contribution in [0.15, 0.2) is 73.2 Å². The number of fused-ring (bicyclic) bond motifs is 1. The second-order valence-corrected chi connectivity index (χ2v) is 14.0. The van der Waals surface area contributed by atoms with E-state index in [9.17, 15) is 28.0 Å². The van der Waals surface area contributed by atoms with Gasteiger partial charge >= 0.3 is 0 Å². The van der Waals surface area contributed by atoms with E-state index in [0.717, 1.165) is 11.8 Å². The van der Waals surface area contributed by atoms with Gasteiger partial charge in [-0.2, -0.15) is 0 Å². The predicted octanol–water partition coefficient (Wildman–Crippen LogP) is 3.23. The quantitative estimate of drug-likeness (QED) is 0.206. The summed E-state index contributed by atoms with van der Waals surface area (Å²) in [5, 5.41) is 8.86. The van der Waals surface area contributed by atoms with Gasteiger partial charge in [-0.05, 0) is 62.1 Å². The molecule has 0 saturated carbocycles. The Morgan fingerprint density at radius 2 is 1.71 bits per heavy atom. The summed E-state index contributed by atoms with van der Waals surface area (Å²) in [5.41, 5.74) is 0.590. The van der Waals surface area contributed by atoms with E-state index in [1.165, 1.54) is 28.9 Å². The Kier molecular flexibility index (Phi) is 11.4. The van der Waals surface area contributed by atoms with Crippen molar-refractivity contribution in [1.29, 1.82) is 0 Å². The summed E-state index contributed by atoms with van der Waals surface area (Å²) < 4.78 is 28.9. The highest BCUT2D eigenvalue weighted by atomic mass is 19.1. The number of nitrogens with zero attached hydrogens (tertiary/aromatic N) is 5. The van der Waals surface area contributed by atoms with E-state index in [0.29, 0.717) is 18.4 Å². The summed E-state index contributed by atoms with van der Waals surface area (Å²) in [5.74, 6) is -2.31. The van der Waals surface area contributed by atoms with Crippen LogP contribution in [0, 0.1) is 17.0 Å². The maximum atomic E-state index is 14.5. The molecular weight excluding hydrogens is 658 g/mol. The van der Waals surface area contributed by atoms with E-state index >= 15 is 0 Å². The van der Waals surface area contributed by atoms with Crippen molar-refractivity contribution >= 4 is 29.4 Å². The van der Waals surface area contributed by atoms with Crippen molar-refractivity contribution in [3.63, 3.8) is 0 Å².